The van der Waals surface area contributed by atoms with E-state index in [1.807, 2.05) is 30.3 Å². The summed E-state index contributed by atoms with van der Waals surface area (Å²) in [4.78, 5) is 12.0. The molecule has 2 aromatic carbocycles. The molecule has 1 heterocycles. The van der Waals surface area contributed by atoms with E-state index in [0.717, 1.165) is 11.1 Å². The van der Waals surface area contributed by atoms with Gasteiger partial charge in [0.25, 0.3) is 0 Å². The van der Waals surface area contributed by atoms with Crippen molar-refractivity contribution < 1.29 is 14.6 Å². The summed E-state index contributed by atoms with van der Waals surface area (Å²) in [5, 5.41) is 13.0. The van der Waals surface area contributed by atoms with Gasteiger partial charge in [-0.1, -0.05) is 52.3 Å². The number of Topliss-reactive ketones (excluding diaryl/α,β-unsaturated/α-hetero) is 1. The van der Waals surface area contributed by atoms with Crippen LogP contribution in [0.3, 0.4) is 0 Å². The number of fused-ring (bicyclic) bond motifs is 1. The Morgan fingerprint density at radius 1 is 1.22 bits per heavy atom. The summed E-state index contributed by atoms with van der Waals surface area (Å²) >= 11 is 3.20. The lowest BCUT2D eigenvalue weighted by atomic mass is 9.98. The highest BCUT2D eigenvalue weighted by atomic mass is 79.9. The summed E-state index contributed by atoms with van der Waals surface area (Å²) in [7, 11) is 0. The van der Waals surface area contributed by atoms with Gasteiger partial charge < -0.3 is 15.2 Å². The molecule has 2 aromatic rings. The van der Waals surface area contributed by atoms with Crippen LogP contribution in [0.4, 0.5) is 5.69 Å². The zero-order chi connectivity index (χ0) is 16.2. The minimum atomic E-state index is -0.795. The number of halogens is 1. The first-order valence-electron chi connectivity index (χ1n) is 7.24. The normalized spacial score (nSPS) is 15.7. The fourth-order valence-electron chi connectivity index (χ4n) is 2.48. The fraction of sp³-hybridized carbons (Fsp3) is 0.167. The van der Waals surface area contributed by atoms with Crippen molar-refractivity contribution >= 4 is 33.5 Å². The molecule has 0 spiro atoms. The van der Waals surface area contributed by atoms with Crippen molar-refractivity contribution in [1.82, 2.24) is 0 Å². The second-order valence-electron chi connectivity index (χ2n) is 5.18. The van der Waals surface area contributed by atoms with Gasteiger partial charge in [-0.3, -0.25) is 4.79 Å². The average molecular weight is 374 g/mol. The third-order valence-corrected chi connectivity index (χ3v) is 4.11. The molecule has 0 amide bonds. The first-order valence-corrected chi connectivity index (χ1v) is 8.37. The monoisotopic (exact) mass is 373 g/mol. The Morgan fingerprint density at radius 2 is 2.00 bits per heavy atom. The zero-order valence-electron chi connectivity index (χ0n) is 12.3. The van der Waals surface area contributed by atoms with Gasteiger partial charge in [-0.25, -0.2) is 0 Å². The average Bonchev–Trinajstić information content (AvgIpc) is 2.59. The number of carbonyl (C=O) groups is 1. The van der Waals surface area contributed by atoms with Crippen LogP contribution in [-0.2, 0) is 6.61 Å². The molecule has 0 radical (unpaired) electrons. The lowest BCUT2D eigenvalue weighted by molar-refractivity contribution is 0.102. The van der Waals surface area contributed by atoms with Crippen LogP contribution in [0.15, 0.2) is 48.5 Å². The molecule has 2 N–H and O–H groups in total. The van der Waals surface area contributed by atoms with Gasteiger partial charge in [-0.2, -0.15) is 0 Å². The van der Waals surface area contributed by atoms with Crippen LogP contribution in [0.25, 0.3) is 6.08 Å². The van der Waals surface area contributed by atoms with Crippen molar-refractivity contribution in [3.8, 4) is 5.75 Å². The number of anilines is 1. The molecule has 0 bridgehead atoms. The molecule has 0 saturated heterocycles. The molecule has 0 saturated carbocycles. The Bertz CT molecular complexity index is 743. The third-order valence-electron chi connectivity index (χ3n) is 3.60. The number of aliphatic hydroxyl groups is 1. The van der Waals surface area contributed by atoms with Crippen LogP contribution in [0.5, 0.6) is 5.75 Å². The van der Waals surface area contributed by atoms with Gasteiger partial charge in [0.15, 0.2) is 5.78 Å². The van der Waals surface area contributed by atoms with Gasteiger partial charge in [-0.05, 0) is 23.8 Å². The Labute approximate surface area is 142 Å². The Kier molecular flexibility index (Phi) is 4.79. The highest BCUT2D eigenvalue weighted by Crippen LogP contribution is 2.36. The molecular formula is C18H16BrNO3. The molecule has 4 nitrogen and oxygen atoms in total. The van der Waals surface area contributed by atoms with E-state index in [4.69, 9.17) is 4.74 Å². The third kappa shape index (κ3) is 3.46. The number of aliphatic hydroxyl groups excluding tert-OH is 1. The first-order chi connectivity index (χ1) is 11.2. The van der Waals surface area contributed by atoms with Crippen molar-refractivity contribution in [2.24, 2.45) is 0 Å². The van der Waals surface area contributed by atoms with Crippen molar-refractivity contribution in [2.45, 2.75) is 12.8 Å². The predicted octanol–water partition coefficient (Wildman–Crippen LogP) is 3.60. The molecule has 5 heteroatoms. The van der Waals surface area contributed by atoms with E-state index in [1.165, 1.54) is 0 Å². The zero-order valence-corrected chi connectivity index (χ0v) is 13.9. The van der Waals surface area contributed by atoms with E-state index in [0.29, 0.717) is 23.6 Å². The summed E-state index contributed by atoms with van der Waals surface area (Å²) < 4.78 is 5.88. The van der Waals surface area contributed by atoms with Gasteiger partial charge in [0.05, 0.1) is 11.0 Å². The highest BCUT2D eigenvalue weighted by molar-refractivity contribution is 9.09. The largest absolute Gasteiger partial charge is 0.487 e. The van der Waals surface area contributed by atoms with Gasteiger partial charge in [0.2, 0.25) is 0 Å². The maximum absolute atomic E-state index is 12.0. The van der Waals surface area contributed by atoms with Gasteiger partial charge in [-0.15, -0.1) is 0 Å². The smallest absolute Gasteiger partial charge is 0.174 e. The van der Waals surface area contributed by atoms with Crippen LogP contribution >= 0.6 is 15.9 Å². The topological polar surface area (TPSA) is 58.6 Å². The van der Waals surface area contributed by atoms with Crippen LogP contribution in [0.1, 0.15) is 21.5 Å². The van der Waals surface area contributed by atoms with E-state index in [9.17, 15) is 9.90 Å². The lowest BCUT2D eigenvalue weighted by Gasteiger charge is -2.23. The first kappa shape index (κ1) is 15.8. The van der Waals surface area contributed by atoms with E-state index in [1.54, 1.807) is 24.3 Å². The summed E-state index contributed by atoms with van der Waals surface area (Å²) in [6.45, 7) is 0.417. The Balaban J connectivity index is 1.92. The molecule has 1 atom stereocenters. The maximum Gasteiger partial charge on any atom is 0.174 e. The number of carbonyl (C=O) groups excluding carboxylic acids is 1. The Hall–Kier alpha value is -2.11. The summed E-state index contributed by atoms with van der Waals surface area (Å²) in [5.41, 5.74) is 3.03. The van der Waals surface area contributed by atoms with Crippen LogP contribution in [0, 0.1) is 0 Å². The summed E-state index contributed by atoms with van der Waals surface area (Å²) in [5.74, 6) is 0.595. The second kappa shape index (κ2) is 6.98. The molecule has 0 aromatic heterocycles. The van der Waals surface area contributed by atoms with Crippen molar-refractivity contribution in [1.29, 1.82) is 0 Å². The minimum Gasteiger partial charge on any atom is -0.487 e. The molecule has 3 rings (SSSR count). The maximum atomic E-state index is 12.0. The predicted molar refractivity (Wildman–Crippen MR) is 94.0 cm³/mol. The van der Waals surface area contributed by atoms with Gasteiger partial charge >= 0.3 is 0 Å². The quantitative estimate of drug-likeness (QED) is 0.620. The second-order valence-corrected chi connectivity index (χ2v) is 5.74. The number of benzene rings is 2. The standard InChI is InChI=1S/C18H16BrNO3/c19-10-15(21)13-6-8-16(18-14(13)7-9-17(22)20-18)23-11-12-4-2-1-3-5-12/h1-9,17,20,22H,10-11H2. The number of hydrogen-bond donors (Lipinski definition) is 2. The molecule has 23 heavy (non-hydrogen) atoms. The SMILES string of the molecule is O=C(CBr)c1ccc(OCc2ccccc2)c2c1C=CC(O)N2. The van der Waals surface area contributed by atoms with Crippen LogP contribution in [0.2, 0.25) is 0 Å². The summed E-state index contributed by atoms with van der Waals surface area (Å²) in [6, 6.07) is 13.3. The van der Waals surface area contributed by atoms with E-state index in [-0.39, 0.29) is 11.1 Å². The number of alkyl halides is 1. The lowest BCUT2D eigenvalue weighted by Crippen LogP contribution is -2.21. The van der Waals surface area contributed by atoms with Crippen molar-refractivity contribution in [3.63, 3.8) is 0 Å². The highest BCUT2D eigenvalue weighted by Gasteiger charge is 2.21. The molecular weight excluding hydrogens is 358 g/mol. The van der Waals surface area contributed by atoms with Crippen LogP contribution < -0.4 is 10.1 Å². The molecule has 1 aliphatic heterocycles. The fourth-order valence-corrected chi connectivity index (χ4v) is 2.78. The van der Waals surface area contributed by atoms with Gasteiger partial charge in [0.1, 0.15) is 18.6 Å². The number of hydrogen-bond acceptors (Lipinski definition) is 4. The Morgan fingerprint density at radius 3 is 2.74 bits per heavy atom. The molecule has 1 aliphatic rings. The van der Waals surface area contributed by atoms with E-state index < -0.39 is 6.23 Å². The van der Waals surface area contributed by atoms with E-state index in [2.05, 4.69) is 21.2 Å². The van der Waals surface area contributed by atoms with Gasteiger partial charge in [0, 0.05) is 11.1 Å². The molecule has 0 aliphatic carbocycles. The number of ether oxygens (including phenoxy) is 1. The molecule has 1 unspecified atom stereocenters. The number of rotatable bonds is 5. The number of nitrogens with one attached hydrogen (secondary N) is 1. The van der Waals surface area contributed by atoms with Crippen molar-refractivity contribution in [3.05, 3.63) is 65.2 Å². The van der Waals surface area contributed by atoms with E-state index >= 15 is 0 Å². The molecule has 0 fully saturated rings. The van der Waals surface area contributed by atoms with Crippen LogP contribution in [-0.4, -0.2) is 22.4 Å². The minimum absolute atomic E-state index is 0.0151. The summed E-state index contributed by atoms with van der Waals surface area (Å²) in [6.07, 6.45) is 2.56. The molecule has 118 valence electrons. The number of ketones is 1. The van der Waals surface area contributed by atoms with Crippen molar-refractivity contribution in [2.75, 3.05) is 10.6 Å².